The Morgan fingerprint density at radius 3 is 2.57 bits per heavy atom. The highest BCUT2D eigenvalue weighted by atomic mass is 79.9. The Kier molecular flexibility index (Phi) is 4.62. The Hall–Kier alpha value is -0.350. The SMILES string of the molecule is Nc1ccc(CBr)c(CC(=O)CBr)c1. The maximum atomic E-state index is 11.3. The third-order valence-electron chi connectivity index (χ3n) is 1.91. The first-order valence-corrected chi connectivity index (χ1v) is 6.42. The van der Waals surface area contributed by atoms with E-state index in [9.17, 15) is 4.79 Å². The summed E-state index contributed by atoms with van der Waals surface area (Å²) in [6.07, 6.45) is 0.442. The van der Waals surface area contributed by atoms with Crippen LogP contribution in [0.25, 0.3) is 0 Å². The Balaban J connectivity index is 2.93. The van der Waals surface area contributed by atoms with Gasteiger partial charge in [0.25, 0.3) is 0 Å². The molecular weight excluding hydrogens is 310 g/mol. The lowest BCUT2D eigenvalue weighted by Crippen LogP contribution is -2.06. The first-order valence-electron chi connectivity index (χ1n) is 4.18. The molecule has 0 saturated carbocycles. The first-order chi connectivity index (χ1) is 6.67. The number of Topliss-reactive ketones (excluding diaryl/α,β-unsaturated/α-hetero) is 1. The summed E-state index contributed by atoms with van der Waals surface area (Å²) in [6, 6.07) is 5.65. The number of alkyl halides is 2. The molecule has 0 unspecified atom stereocenters. The molecule has 0 heterocycles. The van der Waals surface area contributed by atoms with Crippen molar-refractivity contribution in [2.45, 2.75) is 11.8 Å². The summed E-state index contributed by atoms with van der Waals surface area (Å²) in [7, 11) is 0. The standard InChI is InChI=1S/C10H11Br2NO/c11-5-7-1-2-9(13)3-8(7)4-10(14)6-12/h1-3H,4-6,13H2. The number of hydrogen-bond acceptors (Lipinski definition) is 2. The van der Waals surface area contributed by atoms with Gasteiger partial charge in [-0.2, -0.15) is 0 Å². The molecule has 2 N–H and O–H groups in total. The van der Waals surface area contributed by atoms with E-state index in [2.05, 4.69) is 31.9 Å². The van der Waals surface area contributed by atoms with E-state index in [1.807, 2.05) is 18.2 Å². The summed E-state index contributed by atoms with van der Waals surface area (Å²) in [5, 5.41) is 1.14. The summed E-state index contributed by atoms with van der Waals surface area (Å²) in [5.74, 6) is 0.165. The molecular formula is C10H11Br2NO. The molecule has 1 aromatic rings. The van der Waals surface area contributed by atoms with Crippen LogP contribution in [0.15, 0.2) is 18.2 Å². The number of benzene rings is 1. The summed E-state index contributed by atoms with van der Waals surface area (Å²) in [4.78, 5) is 11.3. The minimum absolute atomic E-state index is 0.165. The van der Waals surface area contributed by atoms with Crippen LogP contribution < -0.4 is 5.73 Å². The van der Waals surface area contributed by atoms with Crippen LogP contribution in [0.1, 0.15) is 11.1 Å². The van der Waals surface area contributed by atoms with Crippen molar-refractivity contribution in [1.29, 1.82) is 0 Å². The molecule has 0 saturated heterocycles. The van der Waals surface area contributed by atoms with Crippen molar-refractivity contribution >= 4 is 43.3 Å². The minimum Gasteiger partial charge on any atom is -0.399 e. The third kappa shape index (κ3) is 3.10. The summed E-state index contributed by atoms with van der Waals surface area (Å²) in [5.41, 5.74) is 8.49. The fourth-order valence-corrected chi connectivity index (χ4v) is 1.95. The Morgan fingerprint density at radius 1 is 1.29 bits per heavy atom. The number of nitrogen functional groups attached to an aromatic ring is 1. The fraction of sp³-hybridized carbons (Fsp3) is 0.300. The van der Waals surface area contributed by atoms with Gasteiger partial charge in [-0.1, -0.05) is 37.9 Å². The van der Waals surface area contributed by atoms with Crippen LogP contribution in [-0.2, 0) is 16.5 Å². The highest BCUT2D eigenvalue weighted by molar-refractivity contribution is 9.09. The zero-order valence-electron chi connectivity index (χ0n) is 7.59. The third-order valence-corrected chi connectivity index (χ3v) is 3.14. The Morgan fingerprint density at radius 2 is 2.00 bits per heavy atom. The summed E-state index contributed by atoms with van der Waals surface area (Å²) in [6.45, 7) is 0. The van der Waals surface area contributed by atoms with E-state index in [1.165, 1.54) is 0 Å². The lowest BCUT2D eigenvalue weighted by Gasteiger charge is -2.06. The quantitative estimate of drug-likeness (QED) is 0.684. The zero-order valence-corrected chi connectivity index (χ0v) is 10.8. The van der Waals surface area contributed by atoms with Gasteiger partial charge in [0, 0.05) is 17.4 Å². The topological polar surface area (TPSA) is 43.1 Å². The molecule has 0 atom stereocenters. The molecule has 0 fully saturated rings. The van der Waals surface area contributed by atoms with Crippen molar-refractivity contribution in [3.05, 3.63) is 29.3 Å². The molecule has 2 nitrogen and oxygen atoms in total. The lowest BCUT2D eigenvalue weighted by atomic mass is 10.0. The van der Waals surface area contributed by atoms with Gasteiger partial charge in [-0.05, 0) is 23.3 Å². The normalized spacial score (nSPS) is 10.1. The largest absolute Gasteiger partial charge is 0.399 e. The second kappa shape index (κ2) is 5.51. The van der Waals surface area contributed by atoms with Gasteiger partial charge in [-0.3, -0.25) is 4.79 Å². The van der Waals surface area contributed by atoms with Crippen LogP contribution in [0.4, 0.5) is 5.69 Å². The van der Waals surface area contributed by atoms with E-state index in [0.717, 1.165) is 16.5 Å². The van der Waals surface area contributed by atoms with Crippen LogP contribution in [-0.4, -0.2) is 11.1 Å². The molecule has 14 heavy (non-hydrogen) atoms. The van der Waals surface area contributed by atoms with Gasteiger partial charge in [-0.25, -0.2) is 0 Å². The highest BCUT2D eigenvalue weighted by Crippen LogP contribution is 2.17. The summed E-state index contributed by atoms with van der Waals surface area (Å²) < 4.78 is 0. The molecule has 4 heteroatoms. The predicted molar refractivity (Wildman–Crippen MR) is 66.0 cm³/mol. The summed E-state index contributed by atoms with van der Waals surface area (Å²) >= 11 is 6.53. The molecule has 0 radical (unpaired) electrons. The molecule has 0 aliphatic heterocycles. The van der Waals surface area contributed by atoms with Crippen molar-refractivity contribution in [1.82, 2.24) is 0 Å². The number of carbonyl (C=O) groups is 1. The molecule has 76 valence electrons. The van der Waals surface area contributed by atoms with Crippen molar-refractivity contribution in [3.63, 3.8) is 0 Å². The second-order valence-corrected chi connectivity index (χ2v) is 4.13. The number of anilines is 1. The van der Waals surface area contributed by atoms with Crippen LogP contribution in [0.2, 0.25) is 0 Å². The van der Waals surface area contributed by atoms with E-state index >= 15 is 0 Å². The van der Waals surface area contributed by atoms with Gasteiger partial charge in [-0.15, -0.1) is 0 Å². The Labute approximate surface area is 100 Å². The van der Waals surface area contributed by atoms with Gasteiger partial charge in [0.2, 0.25) is 0 Å². The highest BCUT2D eigenvalue weighted by Gasteiger charge is 2.06. The van der Waals surface area contributed by atoms with Crippen molar-refractivity contribution in [2.24, 2.45) is 0 Å². The average Bonchev–Trinajstić information content (AvgIpc) is 2.18. The average molecular weight is 321 g/mol. The number of halogens is 2. The van der Waals surface area contributed by atoms with Gasteiger partial charge < -0.3 is 5.73 Å². The van der Waals surface area contributed by atoms with Gasteiger partial charge >= 0.3 is 0 Å². The number of rotatable bonds is 4. The second-order valence-electron chi connectivity index (χ2n) is 3.01. The molecule has 0 bridgehead atoms. The Bertz CT molecular complexity index is 339. The van der Waals surface area contributed by atoms with Gasteiger partial charge in [0.15, 0.2) is 0 Å². The van der Waals surface area contributed by atoms with E-state index in [4.69, 9.17) is 5.73 Å². The number of nitrogens with two attached hydrogens (primary N) is 1. The van der Waals surface area contributed by atoms with E-state index in [0.29, 0.717) is 17.4 Å². The number of hydrogen-bond donors (Lipinski definition) is 1. The minimum atomic E-state index is 0.165. The molecule has 1 aromatic carbocycles. The first kappa shape index (κ1) is 11.7. The maximum absolute atomic E-state index is 11.3. The maximum Gasteiger partial charge on any atom is 0.147 e. The predicted octanol–water partition coefficient (Wildman–Crippen LogP) is 2.67. The van der Waals surface area contributed by atoms with Crippen molar-refractivity contribution in [2.75, 3.05) is 11.1 Å². The molecule has 0 aromatic heterocycles. The molecule has 0 amide bonds. The number of ketones is 1. The molecule has 1 rings (SSSR count). The fourth-order valence-electron chi connectivity index (χ4n) is 1.20. The van der Waals surface area contributed by atoms with Crippen molar-refractivity contribution < 1.29 is 4.79 Å². The van der Waals surface area contributed by atoms with E-state index < -0.39 is 0 Å². The monoisotopic (exact) mass is 319 g/mol. The van der Waals surface area contributed by atoms with Crippen LogP contribution in [0.5, 0.6) is 0 Å². The van der Waals surface area contributed by atoms with Crippen LogP contribution in [0.3, 0.4) is 0 Å². The smallest absolute Gasteiger partial charge is 0.147 e. The molecule has 0 spiro atoms. The van der Waals surface area contributed by atoms with Crippen LogP contribution in [0, 0.1) is 0 Å². The zero-order chi connectivity index (χ0) is 10.6. The number of carbonyl (C=O) groups excluding carboxylic acids is 1. The van der Waals surface area contributed by atoms with E-state index in [1.54, 1.807) is 0 Å². The van der Waals surface area contributed by atoms with Gasteiger partial charge in [0.05, 0.1) is 5.33 Å². The van der Waals surface area contributed by atoms with Crippen molar-refractivity contribution in [3.8, 4) is 0 Å². The van der Waals surface area contributed by atoms with Crippen LogP contribution >= 0.6 is 31.9 Å². The molecule has 0 aliphatic carbocycles. The van der Waals surface area contributed by atoms with E-state index in [-0.39, 0.29) is 5.78 Å². The van der Waals surface area contributed by atoms with Gasteiger partial charge in [0.1, 0.15) is 5.78 Å². The molecule has 0 aliphatic rings. The lowest BCUT2D eigenvalue weighted by molar-refractivity contribution is -0.115.